The van der Waals surface area contributed by atoms with Gasteiger partial charge in [0.05, 0.1) is 38.7 Å². The fourth-order valence-electron chi connectivity index (χ4n) is 5.21. The van der Waals surface area contributed by atoms with Crippen molar-refractivity contribution in [2.75, 3.05) is 32.0 Å². The fourth-order valence-corrected chi connectivity index (χ4v) is 5.21. The first kappa shape index (κ1) is 25.2. The van der Waals surface area contributed by atoms with Gasteiger partial charge in [-0.3, -0.25) is 9.59 Å². The normalized spacial score (nSPS) is 18.3. The second-order valence-electron chi connectivity index (χ2n) is 9.29. The summed E-state index contributed by atoms with van der Waals surface area (Å²) in [6.45, 7) is 1.37. The smallest absolute Gasteiger partial charge is 0.308 e. The molecule has 3 aromatic carbocycles. The number of allylic oxidation sites excluding steroid dienone is 1. The Morgan fingerprint density at radius 1 is 0.842 bits per heavy atom. The molecule has 0 spiro atoms. The Labute approximate surface area is 221 Å². The minimum Gasteiger partial charge on any atom is -0.493 e. The lowest BCUT2D eigenvalue weighted by molar-refractivity contribution is -0.131. The van der Waals surface area contributed by atoms with Crippen LogP contribution in [0.1, 0.15) is 42.9 Å². The lowest BCUT2D eigenvalue weighted by Crippen LogP contribution is -2.27. The molecule has 0 saturated heterocycles. The molecular weight excluding hydrogens is 484 g/mol. The van der Waals surface area contributed by atoms with Crippen LogP contribution in [0.3, 0.4) is 0 Å². The van der Waals surface area contributed by atoms with Crippen LogP contribution >= 0.6 is 0 Å². The van der Waals surface area contributed by atoms with Gasteiger partial charge in [0.25, 0.3) is 0 Å². The quantitative estimate of drug-likeness (QED) is 0.323. The molecule has 3 aromatic rings. The molecular formula is C30H30N2O6. The number of rotatable bonds is 6. The van der Waals surface area contributed by atoms with Crippen LogP contribution in [0.4, 0.5) is 11.4 Å². The van der Waals surface area contributed by atoms with Crippen molar-refractivity contribution < 1.29 is 28.5 Å². The van der Waals surface area contributed by atoms with Crippen molar-refractivity contribution in [2.24, 2.45) is 0 Å². The topological polar surface area (TPSA) is 95.1 Å². The maximum atomic E-state index is 13.8. The summed E-state index contributed by atoms with van der Waals surface area (Å²) in [6, 6.07) is 18.6. The molecule has 8 nitrogen and oxygen atoms in total. The first-order valence-electron chi connectivity index (χ1n) is 12.4. The number of hydrogen-bond donors (Lipinski definition) is 2. The largest absolute Gasteiger partial charge is 0.493 e. The number of carbonyl (C=O) groups is 2. The average Bonchev–Trinajstić information content (AvgIpc) is 3.09. The van der Waals surface area contributed by atoms with Crippen LogP contribution in [0.15, 0.2) is 71.9 Å². The van der Waals surface area contributed by atoms with E-state index < -0.39 is 0 Å². The Morgan fingerprint density at radius 2 is 1.50 bits per heavy atom. The third-order valence-corrected chi connectivity index (χ3v) is 6.94. The lowest BCUT2D eigenvalue weighted by atomic mass is 9.78. The lowest BCUT2D eigenvalue weighted by Gasteiger charge is -2.30. The fraction of sp³-hybridized carbons (Fsp3) is 0.267. The van der Waals surface area contributed by atoms with E-state index in [1.807, 2.05) is 48.5 Å². The van der Waals surface area contributed by atoms with E-state index in [2.05, 4.69) is 10.6 Å². The van der Waals surface area contributed by atoms with Gasteiger partial charge in [-0.15, -0.1) is 0 Å². The van der Waals surface area contributed by atoms with E-state index in [9.17, 15) is 9.59 Å². The van der Waals surface area contributed by atoms with Crippen LogP contribution in [-0.4, -0.2) is 33.1 Å². The van der Waals surface area contributed by atoms with Crippen LogP contribution in [0.2, 0.25) is 0 Å². The number of hydrogen-bond acceptors (Lipinski definition) is 8. The molecule has 38 heavy (non-hydrogen) atoms. The summed E-state index contributed by atoms with van der Waals surface area (Å²) >= 11 is 0. The molecule has 5 rings (SSSR count). The second-order valence-corrected chi connectivity index (χ2v) is 9.29. The maximum absolute atomic E-state index is 13.8. The number of Topliss-reactive ketones (excluding diaryl/α,β-unsaturated/α-hetero) is 1. The molecule has 8 heteroatoms. The number of esters is 1. The summed E-state index contributed by atoms with van der Waals surface area (Å²) in [6.07, 6.45) is 0.955. The second kappa shape index (κ2) is 10.5. The molecule has 196 valence electrons. The molecule has 0 unspecified atom stereocenters. The number of carbonyl (C=O) groups excluding carboxylic acids is 2. The molecule has 1 aliphatic carbocycles. The summed E-state index contributed by atoms with van der Waals surface area (Å²) in [4.78, 5) is 25.2. The first-order valence-corrected chi connectivity index (χ1v) is 12.4. The molecule has 0 amide bonds. The zero-order valence-corrected chi connectivity index (χ0v) is 21.8. The molecule has 2 aliphatic rings. The highest BCUT2D eigenvalue weighted by Gasteiger charge is 2.36. The molecule has 0 bridgehead atoms. The molecule has 0 saturated carbocycles. The standard InChI is InChI=1S/C30H30N2O6/c1-17(33)38-21-11-9-18(10-12-21)29-28-24(31-22-7-5-6-8-23(22)32-29)13-19(14-25(28)34)20-15-26(35-2)30(37-4)27(16-20)36-3/h5-12,15-16,19,29,31-32H,13-14H2,1-4H3/t19-,29-/m0/s1. The van der Waals surface area contributed by atoms with E-state index in [4.69, 9.17) is 18.9 Å². The molecule has 0 fully saturated rings. The highest BCUT2D eigenvalue weighted by Crippen LogP contribution is 2.47. The highest BCUT2D eigenvalue weighted by atomic mass is 16.5. The Hall–Kier alpha value is -4.46. The number of benzene rings is 3. The van der Waals surface area contributed by atoms with Crippen molar-refractivity contribution in [2.45, 2.75) is 31.7 Å². The van der Waals surface area contributed by atoms with Gasteiger partial charge in [0, 0.05) is 24.6 Å². The van der Waals surface area contributed by atoms with Gasteiger partial charge < -0.3 is 29.6 Å². The molecule has 0 aromatic heterocycles. The molecule has 1 heterocycles. The SMILES string of the molecule is COc1cc([C@@H]2CC(=O)C3=C(C2)Nc2ccccc2N[C@H]3c2ccc(OC(C)=O)cc2)cc(OC)c1OC. The molecule has 2 atom stereocenters. The first-order chi connectivity index (χ1) is 18.4. The predicted octanol–water partition coefficient (Wildman–Crippen LogP) is 5.62. The maximum Gasteiger partial charge on any atom is 0.308 e. The Morgan fingerprint density at radius 3 is 2.11 bits per heavy atom. The summed E-state index contributed by atoms with van der Waals surface area (Å²) in [5.41, 5.74) is 5.20. The predicted molar refractivity (Wildman–Crippen MR) is 144 cm³/mol. The average molecular weight is 515 g/mol. The van der Waals surface area contributed by atoms with Gasteiger partial charge >= 0.3 is 5.97 Å². The van der Waals surface area contributed by atoms with Crippen LogP contribution in [0.25, 0.3) is 0 Å². The highest BCUT2D eigenvalue weighted by molar-refractivity contribution is 6.01. The van der Waals surface area contributed by atoms with Crippen molar-refractivity contribution in [3.63, 3.8) is 0 Å². The van der Waals surface area contributed by atoms with Crippen molar-refractivity contribution >= 4 is 23.1 Å². The zero-order chi connectivity index (χ0) is 26.8. The van der Waals surface area contributed by atoms with Crippen LogP contribution < -0.4 is 29.6 Å². The molecule has 1 aliphatic heterocycles. The number of ketones is 1. The van der Waals surface area contributed by atoms with Gasteiger partial charge in [0.1, 0.15) is 5.75 Å². The zero-order valence-electron chi connectivity index (χ0n) is 21.8. The summed E-state index contributed by atoms with van der Waals surface area (Å²) in [5.74, 6) is 1.67. The summed E-state index contributed by atoms with van der Waals surface area (Å²) in [5, 5.41) is 7.11. The van der Waals surface area contributed by atoms with Gasteiger partial charge in [-0.2, -0.15) is 0 Å². The van der Waals surface area contributed by atoms with Gasteiger partial charge in [0.15, 0.2) is 17.3 Å². The number of fused-ring (bicyclic) bond motifs is 1. The van der Waals surface area contributed by atoms with E-state index in [0.717, 1.165) is 28.2 Å². The number of nitrogens with one attached hydrogen (secondary N) is 2. The Balaban J connectivity index is 1.56. The monoisotopic (exact) mass is 514 g/mol. The third-order valence-electron chi connectivity index (χ3n) is 6.94. The number of para-hydroxylation sites is 2. The van der Waals surface area contributed by atoms with Crippen LogP contribution in [0.5, 0.6) is 23.0 Å². The molecule has 2 N–H and O–H groups in total. The van der Waals surface area contributed by atoms with Gasteiger partial charge in [-0.1, -0.05) is 24.3 Å². The summed E-state index contributed by atoms with van der Waals surface area (Å²) in [7, 11) is 4.74. The minimum absolute atomic E-state index is 0.0480. The van der Waals surface area contributed by atoms with E-state index >= 15 is 0 Å². The van der Waals surface area contributed by atoms with Crippen molar-refractivity contribution in [1.29, 1.82) is 0 Å². The van der Waals surface area contributed by atoms with E-state index in [-0.39, 0.29) is 23.7 Å². The van der Waals surface area contributed by atoms with E-state index in [1.165, 1.54) is 6.92 Å². The van der Waals surface area contributed by atoms with E-state index in [1.54, 1.807) is 33.5 Å². The summed E-state index contributed by atoms with van der Waals surface area (Å²) < 4.78 is 21.8. The third kappa shape index (κ3) is 4.77. The van der Waals surface area contributed by atoms with Gasteiger partial charge in [0.2, 0.25) is 5.75 Å². The van der Waals surface area contributed by atoms with Gasteiger partial charge in [-0.05, 0) is 59.9 Å². The number of anilines is 2. The Kier molecular flexibility index (Phi) is 6.96. The van der Waals surface area contributed by atoms with Crippen molar-refractivity contribution in [3.05, 3.63) is 83.1 Å². The molecule has 0 radical (unpaired) electrons. The number of methoxy groups -OCH3 is 3. The van der Waals surface area contributed by atoms with Gasteiger partial charge in [-0.25, -0.2) is 0 Å². The van der Waals surface area contributed by atoms with Crippen molar-refractivity contribution in [1.82, 2.24) is 0 Å². The van der Waals surface area contributed by atoms with Crippen molar-refractivity contribution in [3.8, 4) is 23.0 Å². The minimum atomic E-state index is -0.381. The van der Waals surface area contributed by atoms with Crippen LogP contribution in [0, 0.1) is 0 Å². The number of ether oxygens (including phenoxy) is 4. The van der Waals surface area contributed by atoms with E-state index in [0.29, 0.717) is 41.4 Å². The Bertz CT molecular complexity index is 1390. The van der Waals surface area contributed by atoms with Crippen LogP contribution in [-0.2, 0) is 9.59 Å².